The van der Waals surface area contributed by atoms with Gasteiger partial charge < -0.3 is 10.2 Å². The maximum atomic E-state index is 13.1. The van der Waals surface area contributed by atoms with Crippen molar-refractivity contribution in [1.82, 2.24) is 15.2 Å². The van der Waals surface area contributed by atoms with Crippen LogP contribution >= 0.6 is 11.6 Å². The Morgan fingerprint density at radius 2 is 1.73 bits per heavy atom. The summed E-state index contributed by atoms with van der Waals surface area (Å²) < 4.78 is 0. The Morgan fingerprint density at radius 3 is 2.42 bits per heavy atom. The predicted molar refractivity (Wildman–Crippen MR) is 127 cm³/mol. The molecule has 2 heterocycles. The zero-order chi connectivity index (χ0) is 23.4. The fourth-order valence-electron chi connectivity index (χ4n) is 3.71. The fraction of sp³-hybridized carbons (Fsp3) is 0.304. The molecule has 2 aliphatic heterocycles. The molecule has 33 heavy (non-hydrogen) atoms. The average Bonchev–Trinajstić information content (AvgIpc) is 2.83. The van der Waals surface area contributed by atoms with E-state index in [1.807, 2.05) is 23.1 Å². The number of aliphatic imine (C=N–C) groups is 1. The number of piperazine rings is 1. The third-order valence-corrected chi connectivity index (χ3v) is 5.84. The van der Waals surface area contributed by atoms with Gasteiger partial charge in [0.1, 0.15) is 6.04 Å². The smallest absolute Gasteiger partial charge is 0.290 e. The molecule has 2 aliphatic rings. The van der Waals surface area contributed by atoms with Gasteiger partial charge in [0.15, 0.2) is 0 Å². The largest absolute Gasteiger partial charge is 0.333 e. The number of rotatable bonds is 5. The number of anilines is 2. The summed E-state index contributed by atoms with van der Waals surface area (Å²) in [5, 5.41) is 4.66. The molecule has 172 valence electrons. The Hall–Kier alpha value is -3.43. The van der Waals surface area contributed by atoms with E-state index in [1.54, 1.807) is 48.2 Å². The minimum absolute atomic E-state index is 0.135. The van der Waals surface area contributed by atoms with Gasteiger partial charge in [-0.3, -0.25) is 24.7 Å². The molecule has 2 aromatic rings. The second kappa shape index (κ2) is 10.0. The summed E-state index contributed by atoms with van der Waals surface area (Å²) in [6.45, 7) is 3.87. The van der Waals surface area contributed by atoms with E-state index in [9.17, 15) is 14.4 Å². The van der Waals surface area contributed by atoms with Gasteiger partial charge >= 0.3 is 0 Å². The van der Waals surface area contributed by atoms with Crippen LogP contribution in [0.2, 0.25) is 5.02 Å². The van der Waals surface area contributed by atoms with E-state index in [0.717, 1.165) is 0 Å². The maximum Gasteiger partial charge on any atom is 0.290 e. The first-order valence-corrected chi connectivity index (χ1v) is 11.1. The molecule has 9 nitrogen and oxygen atoms in total. The molecule has 0 aliphatic carbocycles. The van der Waals surface area contributed by atoms with E-state index in [-0.39, 0.29) is 30.1 Å². The van der Waals surface area contributed by atoms with Crippen molar-refractivity contribution >= 4 is 46.5 Å². The molecule has 4 rings (SSSR count). The summed E-state index contributed by atoms with van der Waals surface area (Å²) in [5.74, 6) is -0.523. The van der Waals surface area contributed by atoms with Crippen molar-refractivity contribution in [2.24, 2.45) is 4.99 Å². The van der Waals surface area contributed by atoms with Crippen LogP contribution in [-0.2, 0) is 14.4 Å². The molecular weight excluding hydrogens is 444 g/mol. The first-order valence-electron chi connectivity index (χ1n) is 10.7. The van der Waals surface area contributed by atoms with E-state index in [1.165, 1.54) is 5.01 Å². The van der Waals surface area contributed by atoms with E-state index >= 15 is 0 Å². The van der Waals surface area contributed by atoms with Crippen LogP contribution in [0.15, 0.2) is 59.6 Å². The summed E-state index contributed by atoms with van der Waals surface area (Å²) in [7, 11) is 0. The number of hydrazine groups is 1. The fourth-order valence-corrected chi connectivity index (χ4v) is 3.89. The Balaban J connectivity index is 1.32. The van der Waals surface area contributed by atoms with E-state index < -0.39 is 6.04 Å². The Kier molecular flexibility index (Phi) is 6.90. The van der Waals surface area contributed by atoms with Crippen molar-refractivity contribution in [2.75, 3.05) is 43.0 Å². The molecule has 1 saturated heterocycles. The standard InChI is InChI=1S/C23H25ClN6O3/c1-16-22(32)30(17-7-3-2-4-8-17)27-21(25-16)23(33)29-13-11-28(12-14-29)15-20(31)26-19-10-6-5-9-18(19)24/h2-10,16H,11-15H2,1H3,(H,25,27)(H,26,31). The minimum Gasteiger partial charge on any atom is -0.333 e. The summed E-state index contributed by atoms with van der Waals surface area (Å²) in [6, 6.07) is 15.5. The van der Waals surface area contributed by atoms with Crippen LogP contribution < -0.4 is 15.8 Å². The second-order valence-corrected chi connectivity index (χ2v) is 8.28. The van der Waals surface area contributed by atoms with Crippen molar-refractivity contribution < 1.29 is 14.4 Å². The topological polar surface area (TPSA) is 97.3 Å². The van der Waals surface area contributed by atoms with Gasteiger partial charge in [-0.15, -0.1) is 0 Å². The molecule has 1 atom stereocenters. The first kappa shape index (κ1) is 22.8. The van der Waals surface area contributed by atoms with E-state index in [0.29, 0.717) is 42.6 Å². The lowest BCUT2D eigenvalue weighted by molar-refractivity contribution is -0.126. The molecule has 0 spiro atoms. The lowest BCUT2D eigenvalue weighted by Gasteiger charge is -2.36. The Labute approximate surface area is 197 Å². The molecule has 2 N–H and O–H groups in total. The van der Waals surface area contributed by atoms with E-state index in [4.69, 9.17) is 11.6 Å². The predicted octanol–water partition coefficient (Wildman–Crippen LogP) is 1.76. The molecule has 3 amide bonds. The molecule has 10 heteroatoms. The number of halogens is 1. The number of nitrogens with zero attached hydrogens (tertiary/aromatic N) is 4. The number of para-hydroxylation sites is 2. The van der Waals surface area contributed by atoms with Crippen LogP contribution in [0.3, 0.4) is 0 Å². The molecular formula is C23H25ClN6O3. The first-order chi connectivity index (χ1) is 15.9. The Bertz CT molecular complexity index is 1070. The van der Waals surface area contributed by atoms with Crippen molar-refractivity contribution in [3.05, 3.63) is 59.6 Å². The average molecular weight is 469 g/mol. The van der Waals surface area contributed by atoms with Crippen LogP contribution in [-0.4, -0.2) is 72.1 Å². The summed E-state index contributed by atoms with van der Waals surface area (Å²) in [5.41, 5.74) is 4.09. The summed E-state index contributed by atoms with van der Waals surface area (Å²) in [4.78, 5) is 45.9. The maximum absolute atomic E-state index is 13.1. The molecule has 0 saturated carbocycles. The molecule has 1 unspecified atom stereocenters. The lowest BCUT2D eigenvalue weighted by atomic mass is 10.2. The number of hydrogen-bond donors (Lipinski definition) is 2. The quantitative estimate of drug-likeness (QED) is 0.697. The number of nitrogens with one attached hydrogen (secondary N) is 2. The molecule has 2 aromatic carbocycles. The normalized spacial score (nSPS) is 19.0. The number of hydrogen-bond acceptors (Lipinski definition) is 6. The third-order valence-electron chi connectivity index (χ3n) is 5.51. The van der Waals surface area contributed by atoms with Gasteiger partial charge in [0.05, 0.1) is 22.9 Å². The molecule has 0 aromatic heterocycles. The number of carbonyl (C=O) groups excluding carboxylic acids is 3. The highest BCUT2D eigenvalue weighted by molar-refractivity contribution is 6.39. The van der Waals surface area contributed by atoms with E-state index in [2.05, 4.69) is 15.7 Å². The van der Waals surface area contributed by atoms with Gasteiger partial charge in [-0.2, -0.15) is 0 Å². The summed E-state index contributed by atoms with van der Waals surface area (Å²) >= 11 is 6.09. The molecule has 0 bridgehead atoms. The van der Waals surface area contributed by atoms with Crippen LogP contribution in [0.5, 0.6) is 0 Å². The SMILES string of the molecule is CC1N=C(C(=O)N2CCN(CC(=O)Nc3ccccc3Cl)CC2)NN(c2ccccc2)C1=O. The lowest BCUT2D eigenvalue weighted by Crippen LogP contribution is -2.60. The molecule has 1 fully saturated rings. The highest BCUT2D eigenvalue weighted by Gasteiger charge is 2.33. The highest BCUT2D eigenvalue weighted by Crippen LogP contribution is 2.20. The monoisotopic (exact) mass is 468 g/mol. The number of benzene rings is 2. The number of amidine groups is 1. The third kappa shape index (κ3) is 5.32. The van der Waals surface area contributed by atoms with Crippen molar-refractivity contribution in [1.29, 1.82) is 0 Å². The van der Waals surface area contributed by atoms with Gasteiger partial charge in [0, 0.05) is 26.2 Å². The van der Waals surface area contributed by atoms with Gasteiger partial charge in [0.25, 0.3) is 11.8 Å². The van der Waals surface area contributed by atoms with Crippen molar-refractivity contribution in [2.45, 2.75) is 13.0 Å². The van der Waals surface area contributed by atoms with Crippen molar-refractivity contribution in [3.63, 3.8) is 0 Å². The highest BCUT2D eigenvalue weighted by atomic mass is 35.5. The van der Waals surface area contributed by atoms with Gasteiger partial charge in [-0.1, -0.05) is 41.9 Å². The minimum atomic E-state index is -0.666. The zero-order valence-electron chi connectivity index (χ0n) is 18.2. The zero-order valence-corrected chi connectivity index (χ0v) is 19.0. The molecule has 0 radical (unpaired) electrons. The van der Waals surface area contributed by atoms with Crippen molar-refractivity contribution in [3.8, 4) is 0 Å². The van der Waals surface area contributed by atoms with Gasteiger partial charge in [-0.25, -0.2) is 10.0 Å². The van der Waals surface area contributed by atoms with Crippen LogP contribution in [0.4, 0.5) is 11.4 Å². The second-order valence-electron chi connectivity index (χ2n) is 7.87. The van der Waals surface area contributed by atoms with Gasteiger partial charge in [-0.05, 0) is 31.2 Å². The van der Waals surface area contributed by atoms with Crippen LogP contribution in [0, 0.1) is 0 Å². The van der Waals surface area contributed by atoms with Crippen LogP contribution in [0.1, 0.15) is 6.92 Å². The number of amides is 3. The van der Waals surface area contributed by atoms with Gasteiger partial charge in [0.2, 0.25) is 11.7 Å². The Morgan fingerprint density at radius 1 is 1.06 bits per heavy atom. The van der Waals surface area contributed by atoms with Crippen LogP contribution in [0.25, 0.3) is 0 Å². The summed E-state index contributed by atoms with van der Waals surface area (Å²) in [6.07, 6.45) is 0. The number of carbonyl (C=O) groups is 3.